The van der Waals surface area contributed by atoms with Crippen LogP contribution in [0.2, 0.25) is 0 Å². The highest BCUT2D eigenvalue weighted by Crippen LogP contribution is 2.07. The molecule has 1 heterocycles. The summed E-state index contributed by atoms with van der Waals surface area (Å²) in [4.78, 5) is 14.0. The molecule has 1 N–H and O–H groups in total. The molecule has 0 fully saturated rings. The average Bonchev–Trinajstić information content (AvgIpc) is 2.44. The zero-order valence-corrected chi connectivity index (χ0v) is 13.1. The third-order valence-electron chi connectivity index (χ3n) is 3.26. The first kappa shape index (κ1) is 16.7. The summed E-state index contributed by atoms with van der Waals surface area (Å²) in [6.45, 7) is 8.00. The van der Waals surface area contributed by atoms with Gasteiger partial charge in [0, 0.05) is 26.2 Å². The molecule has 0 radical (unpaired) electrons. The zero-order valence-electron chi connectivity index (χ0n) is 13.1. The number of aryl methyl sites for hydroxylation is 1. The second-order valence-electron chi connectivity index (χ2n) is 5.15. The lowest BCUT2D eigenvalue weighted by Crippen LogP contribution is -2.26. The van der Waals surface area contributed by atoms with Crippen LogP contribution >= 0.6 is 0 Å². The summed E-state index contributed by atoms with van der Waals surface area (Å²) in [5.74, 6) is 0. The van der Waals surface area contributed by atoms with Crippen LogP contribution in [0.5, 0.6) is 0 Å². The van der Waals surface area contributed by atoms with E-state index in [0.717, 1.165) is 51.0 Å². The van der Waals surface area contributed by atoms with Crippen molar-refractivity contribution in [3.63, 3.8) is 0 Å². The molecule has 114 valence electrons. The van der Waals surface area contributed by atoms with Crippen LogP contribution in [0, 0.1) is 0 Å². The topological polar surface area (TPSA) is 50.2 Å². The van der Waals surface area contributed by atoms with E-state index in [2.05, 4.69) is 29.2 Å². The summed E-state index contributed by atoms with van der Waals surface area (Å²) >= 11 is 0. The number of hydrogen-bond acceptors (Lipinski definition) is 4. The number of rotatable bonds is 10. The smallest absolute Gasteiger partial charge is 0.268 e. The molecule has 0 saturated carbocycles. The van der Waals surface area contributed by atoms with Crippen LogP contribution in [0.1, 0.15) is 39.5 Å². The number of aromatic nitrogens is 2. The third-order valence-corrected chi connectivity index (χ3v) is 3.26. The van der Waals surface area contributed by atoms with Gasteiger partial charge in [0.15, 0.2) is 0 Å². The van der Waals surface area contributed by atoms with Gasteiger partial charge >= 0.3 is 0 Å². The van der Waals surface area contributed by atoms with Crippen molar-refractivity contribution in [2.75, 3.05) is 31.6 Å². The van der Waals surface area contributed by atoms with E-state index in [0.29, 0.717) is 6.54 Å². The second kappa shape index (κ2) is 9.53. The number of hydrogen-bond donors (Lipinski definition) is 1. The van der Waals surface area contributed by atoms with Gasteiger partial charge in [0.25, 0.3) is 5.56 Å². The molecule has 0 saturated heterocycles. The standard InChI is InChI=1S/C15H28N4O/c1-4-8-16-9-6-7-11-19-15(20)12-14(13-17-19)18(3)10-5-2/h12-13,16H,4-11H2,1-3H3. The molecule has 5 nitrogen and oxygen atoms in total. The number of anilines is 1. The van der Waals surface area contributed by atoms with E-state index in [1.807, 2.05) is 7.05 Å². The van der Waals surface area contributed by atoms with Gasteiger partial charge in [-0.25, -0.2) is 4.68 Å². The molecule has 5 heteroatoms. The van der Waals surface area contributed by atoms with Crippen molar-refractivity contribution in [3.8, 4) is 0 Å². The Morgan fingerprint density at radius 2 is 2.05 bits per heavy atom. The maximum atomic E-state index is 12.0. The van der Waals surface area contributed by atoms with E-state index in [9.17, 15) is 4.79 Å². The minimum atomic E-state index is -0.00743. The Hall–Kier alpha value is -1.36. The maximum Gasteiger partial charge on any atom is 0.268 e. The molecule has 0 amide bonds. The van der Waals surface area contributed by atoms with Gasteiger partial charge in [0.05, 0.1) is 11.9 Å². The quantitative estimate of drug-likeness (QED) is 0.665. The Kier molecular flexibility index (Phi) is 7.95. The molecule has 0 aliphatic heterocycles. The van der Waals surface area contributed by atoms with Crippen molar-refractivity contribution in [1.29, 1.82) is 0 Å². The van der Waals surface area contributed by atoms with Gasteiger partial charge in [-0.05, 0) is 38.8 Å². The van der Waals surface area contributed by atoms with Crippen LogP contribution < -0.4 is 15.8 Å². The van der Waals surface area contributed by atoms with Gasteiger partial charge in [-0.15, -0.1) is 0 Å². The molecule has 0 spiro atoms. The van der Waals surface area contributed by atoms with Gasteiger partial charge in [0.2, 0.25) is 0 Å². The molecule has 1 aromatic heterocycles. The van der Waals surface area contributed by atoms with E-state index in [1.165, 1.54) is 0 Å². The molecular formula is C15H28N4O. The zero-order chi connectivity index (χ0) is 14.8. The summed E-state index contributed by atoms with van der Waals surface area (Å²) in [6.07, 6.45) is 6.06. The van der Waals surface area contributed by atoms with Gasteiger partial charge in [-0.3, -0.25) is 4.79 Å². The van der Waals surface area contributed by atoms with Gasteiger partial charge in [0.1, 0.15) is 0 Å². The lowest BCUT2D eigenvalue weighted by atomic mass is 10.3. The van der Waals surface area contributed by atoms with Crippen molar-refractivity contribution in [3.05, 3.63) is 22.6 Å². The largest absolute Gasteiger partial charge is 0.373 e. The number of nitrogens with one attached hydrogen (secondary N) is 1. The van der Waals surface area contributed by atoms with Crippen LogP contribution in [0.15, 0.2) is 17.1 Å². The molecule has 0 aliphatic carbocycles. The average molecular weight is 280 g/mol. The van der Waals surface area contributed by atoms with E-state index < -0.39 is 0 Å². The number of unbranched alkanes of at least 4 members (excludes halogenated alkanes) is 1. The summed E-state index contributed by atoms with van der Waals surface area (Å²) in [5, 5.41) is 7.62. The Bertz CT molecular complexity index is 430. The van der Waals surface area contributed by atoms with Crippen LogP contribution in [0.25, 0.3) is 0 Å². The van der Waals surface area contributed by atoms with Gasteiger partial charge in [-0.1, -0.05) is 13.8 Å². The summed E-state index contributed by atoms with van der Waals surface area (Å²) in [6, 6.07) is 1.68. The molecule has 0 bridgehead atoms. The molecule has 0 aromatic carbocycles. The molecule has 0 unspecified atom stereocenters. The first-order chi connectivity index (χ1) is 9.69. The minimum Gasteiger partial charge on any atom is -0.373 e. The second-order valence-corrected chi connectivity index (χ2v) is 5.15. The van der Waals surface area contributed by atoms with Gasteiger partial charge in [-0.2, -0.15) is 5.10 Å². The highest BCUT2D eigenvalue weighted by molar-refractivity contribution is 5.41. The first-order valence-electron chi connectivity index (χ1n) is 7.68. The number of nitrogens with zero attached hydrogens (tertiary/aromatic N) is 3. The summed E-state index contributed by atoms with van der Waals surface area (Å²) < 4.78 is 1.56. The SMILES string of the molecule is CCCNCCCCn1ncc(N(C)CCC)cc1=O. The van der Waals surface area contributed by atoms with E-state index in [-0.39, 0.29) is 5.56 Å². The van der Waals surface area contributed by atoms with Crippen LogP contribution in [-0.4, -0.2) is 36.5 Å². The molecule has 0 aliphatic rings. The molecule has 20 heavy (non-hydrogen) atoms. The Balaban J connectivity index is 2.42. The van der Waals surface area contributed by atoms with E-state index in [4.69, 9.17) is 0 Å². The summed E-state index contributed by atoms with van der Waals surface area (Å²) in [5.41, 5.74) is 0.893. The molecule has 0 atom stereocenters. The predicted molar refractivity (Wildman–Crippen MR) is 84.5 cm³/mol. The Morgan fingerprint density at radius 1 is 1.25 bits per heavy atom. The molecule has 1 rings (SSSR count). The minimum absolute atomic E-state index is 0.00743. The molecule has 1 aromatic rings. The third kappa shape index (κ3) is 5.74. The van der Waals surface area contributed by atoms with E-state index in [1.54, 1.807) is 16.9 Å². The maximum absolute atomic E-state index is 12.0. The van der Waals surface area contributed by atoms with Crippen molar-refractivity contribution in [2.24, 2.45) is 0 Å². The Labute approximate surface area is 122 Å². The highest BCUT2D eigenvalue weighted by atomic mass is 16.1. The highest BCUT2D eigenvalue weighted by Gasteiger charge is 2.03. The monoisotopic (exact) mass is 280 g/mol. The molecular weight excluding hydrogens is 252 g/mol. The van der Waals surface area contributed by atoms with Gasteiger partial charge < -0.3 is 10.2 Å². The van der Waals surface area contributed by atoms with Crippen LogP contribution in [0.4, 0.5) is 5.69 Å². The lowest BCUT2D eigenvalue weighted by Gasteiger charge is -2.17. The normalized spacial score (nSPS) is 10.8. The fraction of sp³-hybridized carbons (Fsp3) is 0.733. The Morgan fingerprint density at radius 3 is 2.70 bits per heavy atom. The predicted octanol–water partition coefficient (Wildman–Crippen LogP) is 1.87. The van der Waals surface area contributed by atoms with E-state index >= 15 is 0 Å². The van der Waals surface area contributed by atoms with Crippen LogP contribution in [0.3, 0.4) is 0 Å². The van der Waals surface area contributed by atoms with Crippen molar-refractivity contribution < 1.29 is 0 Å². The summed E-state index contributed by atoms with van der Waals surface area (Å²) in [7, 11) is 1.99. The fourth-order valence-electron chi connectivity index (χ4n) is 2.08. The lowest BCUT2D eigenvalue weighted by molar-refractivity contribution is 0.515. The van der Waals surface area contributed by atoms with Crippen LogP contribution in [-0.2, 0) is 6.54 Å². The fourth-order valence-corrected chi connectivity index (χ4v) is 2.08. The van der Waals surface area contributed by atoms with Crippen molar-refractivity contribution in [2.45, 2.75) is 46.1 Å². The first-order valence-corrected chi connectivity index (χ1v) is 7.68. The van der Waals surface area contributed by atoms with Crippen molar-refractivity contribution >= 4 is 5.69 Å². The van der Waals surface area contributed by atoms with Crippen molar-refractivity contribution in [1.82, 2.24) is 15.1 Å².